The molecule has 0 saturated carbocycles. The molecule has 0 N–H and O–H groups in total. The van der Waals surface area contributed by atoms with Gasteiger partial charge >= 0.3 is 0 Å². The van der Waals surface area contributed by atoms with Crippen molar-refractivity contribution in [3.63, 3.8) is 0 Å². The zero-order valence-electron chi connectivity index (χ0n) is 21.3. The Morgan fingerprint density at radius 1 is 1.05 bits per heavy atom. The maximum Gasteiger partial charge on any atom is 0.261 e. The molecule has 0 aliphatic rings. The van der Waals surface area contributed by atoms with E-state index in [0.29, 0.717) is 23.0 Å². The smallest absolute Gasteiger partial charge is 0.261 e. The molecule has 39 heavy (non-hydrogen) atoms. The summed E-state index contributed by atoms with van der Waals surface area (Å²) in [5, 5.41) is -0.0905. The van der Waals surface area contributed by atoms with Crippen LogP contribution in [0.15, 0.2) is 58.5 Å². The van der Waals surface area contributed by atoms with Gasteiger partial charge in [-0.1, -0.05) is 25.4 Å². The van der Waals surface area contributed by atoms with Crippen LogP contribution >= 0.6 is 11.6 Å². The van der Waals surface area contributed by atoms with Crippen LogP contribution in [0.5, 0.6) is 5.75 Å². The molecular formula is C27H23ClF4N4O3. The highest BCUT2D eigenvalue weighted by molar-refractivity contribution is 6.31. The van der Waals surface area contributed by atoms with E-state index in [2.05, 4.69) is 9.97 Å². The quantitative estimate of drug-likeness (QED) is 0.280. The number of rotatable bonds is 7. The molecule has 4 aromatic rings. The number of aromatic nitrogens is 4. The zero-order valence-corrected chi connectivity index (χ0v) is 22.1. The number of alkyl halides is 2. The molecule has 0 bridgehead atoms. The predicted octanol–water partition coefficient (Wildman–Crippen LogP) is 5.45. The molecule has 4 aromatic heterocycles. The van der Waals surface area contributed by atoms with E-state index in [1.807, 2.05) is 0 Å². The van der Waals surface area contributed by atoms with Gasteiger partial charge in [-0.2, -0.15) is 0 Å². The highest BCUT2D eigenvalue weighted by atomic mass is 35.5. The fourth-order valence-electron chi connectivity index (χ4n) is 4.03. The van der Waals surface area contributed by atoms with E-state index in [-0.39, 0.29) is 34.5 Å². The van der Waals surface area contributed by atoms with Crippen LogP contribution in [0.1, 0.15) is 36.4 Å². The van der Waals surface area contributed by atoms with Crippen molar-refractivity contribution in [2.75, 3.05) is 0 Å². The van der Waals surface area contributed by atoms with Gasteiger partial charge in [0.15, 0.2) is 5.82 Å². The number of nitrogens with zero attached hydrogens (tertiary/aromatic N) is 4. The number of hydrogen-bond donors (Lipinski definition) is 0. The van der Waals surface area contributed by atoms with Crippen LogP contribution in [0.25, 0.3) is 11.5 Å². The molecule has 0 unspecified atom stereocenters. The van der Waals surface area contributed by atoms with E-state index in [9.17, 15) is 27.2 Å². The summed E-state index contributed by atoms with van der Waals surface area (Å²) in [6.07, 6.45) is 0.783. The predicted molar refractivity (Wildman–Crippen MR) is 137 cm³/mol. The van der Waals surface area contributed by atoms with Crippen molar-refractivity contribution in [1.29, 1.82) is 0 Å². The minimum atomic E-state index is -2.85. The monoisotopic (exact) mass is 562 g/mol. The van der Waals surface area contributed by atoms with Gasteiger partial charge in [0.2, 0.25) is 6.43 Å². The standard InChI is InChI=1S/C27H23ClF4N4O3/c1-14-11-34-22(35-6-5-18(28)24(25(35)38)27(3,4)26(31)32)10-21(14)36-15(2)7-17(9-23(36)37)39-13-20-19(30)8-16(29)12-33-20/h5-12,26H,13H2,1-4H3. The summed E-state index contributed by atoms with van der Waals surface area (Å²) in [6.45, 7) is 5.48. The normalized spacial score (nSPS) is 11.7. The highest BCUT2D eigenvalue weighted by Crippen LogP contribution is 2.33. The molecule has 4 rings (SSSR count). The van der Waals surface area contributed by atoms with E-state index in [1.165, 1.54) is 49.0 Å². The molecule has 7 nitrogen and oxygen atoms in total. The van der Waals surface area contributed by atoms with Crippen LogP contribution in [-0.2, 0) is 12.0 Å². The Kier molecular flexibility index (Phi) is 7.65. The molecular weight excluding hydrogens is 540 g/mol. The van der Waals surface area contributed by atoms with Crippen LogP contribution in [-0.4, -0.2) is 25.5 Å². The Bertz CT molecular complexity index is 1690. The molecule has 0 atom stereocenters. The summed E-state index contributed by atoms with van der Waals surface area (Å²) in [6, 6.07) is 6.23. The summed E-state index contributed by atoms with van der Waals surface area (Å²) in [5.74, 6) is -1.47. The van der Waals surface area contributed by atoms with Gasteiger partial charge in [0.1, 0.15) is 29.7 Å². The van der Waals surface area contributed by atoms with Gasteiger partial charge in [-0.3, -0.25) is 23.7 Å². The Morgan fingerprint density at radius 3 is 2.41 bits per heavy atom. The largest absolute Gasteiger partial charge is 0.487 e. The van der Waals surface area contributed by atoms with Crippen LogP contribution in [0.3, 0.4) is 0 Å². The second-order valence-electron chi connectivity index (χ2n) is 9.44. The maximum absolute atomic E-state index is 13.9. The number of hydrogen-bond acceptors (Lipinski definition) is 5. The lowest BCUT2D eigenvalue weighted by Gasteiger charge is -2.25. The van der Waals surface area contributed by atoms with E-state index < -0.39 is 34.6 Å². The van der Waals surface area contributed by atoms with Crippen molar-refractivity contribution in [2.45, 2.75) is 46.1 Å². The third-order valence-electron chi connectivity index (χ3n) is 6.23. The molecule has 0 spiro atoms. The first-order valence-corrected chi connectivity index (χ1v) is 12.0. The van der Waals surface area contributed by atoms with Gasteiger partial charge in [0.25, 0.3) is 11.1 Å². The summed E-state index contributed by atoms with van der Waals surface area (Å²) < 4.78 is 62.4. The fourth-order valence-corrected chi connectivity index (χ4v) is 4.41. The third-order valence-corrected chi connectivity index (χ3v) is 6.54. The van der Waals surface area contributed by atoms with Gasteiger partial charge in [-0.05, 0) is 25.5 Å². The lowest BCUT2D eigenvalue weighted by atomic mass is 9.86. The molecule has 0 aromatic carbocycles. The van der Waals surface area contributed by atoms with Crippen molar-refractivity contribution in [3.8, 4) is 17.3 Å². The second kappa shape index (κ2) is 10.6. The lowest BCUT2D eigenvalue weighted by Crippen LogP contribution is -2.37. The van der Waals surface area contributed by atoms with Crippen molar-refractivity contribution in [1.82, 2.24) is 19.1 Å². The maximum atomic E-state index is 13.9. The lowest BCUT2D eigenvalue weighted by molar-refractivity contribution is 0.0685. The van der Waals surface area contributed by atoms with Gasteiger partial charge in [0, 0.05) is 47.9 Å². The SMILES string of the molecule is Cc1cnc(-n2ccc(Cl)c(C(C)(C)C(F)F)c2=O)cc1-n1c(C)cc(OCc2ncc(F)cc2F)cc1=O. The minimum absolute atomic E-state index is 0.0905. The van der Waals surface area contributed by atoms with Crippen LogP contribution in [0, 0.1) is 25.5 Å². The number of ether oxygens (including phenoxy) is 1. The van der Waals surface area contributed by atoms with Gasteiger partial charge in [-0.15, -0.1) is 0 Å². The summed E-state index contributed by atoms with van der Waals surface area (Å²) >= 11 is 6.14. The van der Waals surface area contributed by atoms with E-state index in [1.54, 1.807) is 19.9 Å². The fraction of sp³-hybridized carbons (Fsp3) is 0.259. The van der Waals surface area contributed by atoms with Crippen molar-refractivity contribution >= 4 is 11.6 Å². The number of halogens is 5. The molecule has 0 aliphatic heterocycles. The molecule has 12 heteroatoms. The molecule has 0 saturated heterocycles. The Labute approximate surface area is 225 Å². The zero-order chi connectivity index (χ0) is 28.6. The molecule has 0 fully saturated rings. The van der Waals surface area contributed by atoms with Crippen molar-refractivity contribution in [3.05, 3.63) is 109 Å². The van der Waals surface area contributed by atoms with Gasteiger partial charge in [0.05, 0.1) is 22.3 Å². The van der Waals surface area contributed by atoms with Crippen molar-refractivity contribution < 1.29 is 22.3 Å². The third kappa shape index (κ3) is 5.44. The molecule has 0 radical (unpaired) electrons. The Morgan fingerprint density at radius 2 is 1.77 bits per heavy atom. The Hall–Kier alpha value is -3.99. The minimum Gasteiger partial charge on any atom is -0.487 e. The molecule has 0 amide bonds. The van der Waals surface area contributed by atoms with E-state index in [4.69, 9.17) is 16.3 Å². The number of aryl methyl sites for hydroxylation is 2. The molecule has 204 valence electrons. The number of pyridine rings is 4. The highest BCUT2D eigenvalue weighted by Gasteiger charge is 2.36. The van der Waals surface area contributed by atoms with E-state index >= 15 is 0 Å². The molecule has 4 heterocycles. The first-order chi connectivity index (χ1) is 18.3. The van der Waals surface area contributed by atoms with Crippen LogP contribution < -0.4 is 15.9 Å². The summed E-state index contributed by atoms with van der Waals surface area (Å²) in [4.78, 5) is 34.3. The first kappa shape index (κ1) is 28.0. The van der Waals surface area contributed by atoms with Gasteiger partial charge < -0.3 is 4.74 Å². The summed E-state index contributed by atoms with van der Waals surface area (Å²) in [7, 11) is 0. The Balaban J connectivity index is 1.74. The van der Waals surface area contributed by atoms with Gasteiger partial charge in [-0.25, -0.2) is 22.5 Å². The van der Waals surface area contributed by atoms with Crippen LogP contribution in [0.2, 0.25) is 5.02 Å². The average Bonchev–Trinajstić information content (AvgIpc) is 2.84. The topological polar surface area (TPSA) is 79.0 Å². The summed E-state index contributed by atoms with van der Waals surface area (Å²) in [5.41, 5.74) is -2.05. The molecule has 0 aliphatic carbocycles. The average molecular weight is 563 g/mol. The second-order valence-corrected chi connectivity index (χ2v) is 9.85. The van der Waals surface area contributed by atoms with E-state index in [0.717, 1.165) is 10.8 Å². The van der Waals surface area contributed by atoms with Crippen LogP contribution in [0.4, 0.5) is 17.6 Å². The first-order valence-electron chi connectivity index (χ1n) is 11.6. The van der Waals surface area contributed by atoms with Crippen molar-refractivity contribution in [2.24, 2.45) is 0 Å².